The predicted octanol–water partition coefficient (Wildman–Crippen LogP) is 1.26. The van der Waals surface area contributed by atoms with Gasteiger partial charge in [0.2, 0.25) is 5.91 Å². The van der Waals surface area contributed by atoms with Crippen molar-refractivity contribution in [1.29, 1.82) is 0 Å². The number of nitrogens with zero attached hydrogens (tertiary/aromatic N) is 1. The fourth-order valence-electron chi connectivity index (χ4n) is 3.57. The summed E-state index contributed by atoms with van der Waals surface area (Å²) >= 11 is 0. The molecule has 24 heavy (non-hydrogen) atoms. The monoisotopic (exact) mass is 333 g/mol. The molecule has 1 aromatic rings. The van der Waals surface area contributed by atoms with Gasteiger partial charge in [0.25, 0.3) is 5.91 Å². The van der Waals surface area contributed by atoms with Crippen LogP contribution in [0, 0.1) is 23.6 Å². The van der Waals surface area contributed by atoms with Gasteiger partial charge in [-0.15, -0.1) is 0 Å². The Morgan fingerprint density at radius 1 is 1.17 bits per heavy atom. The Morgan fingerprint density at radius 2 is 1.75 bits per heavy atom. The molecule has 0 bridgehead atoms. The van der Waals surface area contributed by atoms with Gasteiger partial charge in [0.1, 0.15) is 11.9 Å². The van der Waals surface area contributed by atoms with Crippen LogP contribution in [0.15, 0.2) is 24.3 Å². The number of rotatable bonds is 4. The molecule has 0 radical (unpaired) electrons. The molecule has 2 N–H and O–H groups in total. The molecule has 3 atom stereocenters. The van der Waals surface area contributed by atoms with E-state index in [-0.39, 0.29) is 23.5 Å². The molecule has 1 unspecified atom stereocenters. The maximum Gasteiger partial charge on any atom is 0.251 e. The van der Waals surface area contributed by atoms with E-state index in [1.54, 1.807) is 0 Å². The third-order valence-corrected chi connectivity index (χ3v) is 5.03. The van der Waals surface area contributed by atoms with Crippen LogP contribution in [0.4, 0.5) is 4.39 Å². The van der Waals surface area contributed by atoms with Gasteiger partial charge in [-0.25, -0.2) is 4.39 Å². The topological polar surface area (TPSA) is 61.4 Å². The zero-order chi connectivity index (χ0) is 17.3. The highest BCUT2D eigenvalue weighted by atomic mass is 19.1. The Labute approximate surface area is 141 Å². The summed E-state index contributed by atoms with van der Waals surface area (Å²) in [6.45, 7) is 7.28. The standard InChI is InChI=1S/C18H24FN3O2/c1-11(2)16(21-17(23)12-3-5-15(19)6-4-12)18(24)22-9-13-7-20-8-14(13)10-22/h3-6,11,13-14,16,20H,7-10H2,1-2H3,(H,21,23)/t13-,14+,16?. The van der Waals surface area contributed by atoms with Gasteiger partial charge >= 0.3 is 0 Å². The summed E-state index contributed by atoms with van der Waals surface area (Å²) in [5, 5.41) is 6.18. The molecule has 3 rings (SSSR count). The largest absolute Gasteiger partial charge is 0.340 e. The van der Waals surface area contributed by atoms with Crippen molar-refractivity contribution in [3.63, 3.8) is 0 Å². The number of hydrogen-bond acceptors (Lipinski definition) is 3. The second-order valence-corrected chi connectivity index (χ2v) is 7.12. The van der Waals surface area contributed by atoms with Crippen LogP contribution in [0.5, 0.6) is 0 Å². The van der Waals surface area contributed by atoms with Crippen LogP contribution in [0.3, 0.4) is 0 Å². The van der Waals surface area contributed by atoms with Gasteiger partial charge < -0.3 is 15.5 Å². The molecule has 6 heteroatoms. The first-order chi connectivity index (χ1) is 11.5. The van der Waals surface area contributed by atoms with E-state index in [1.807, 2.05) is 18.7 Å². The zero-order valence-corrected chi connectivity index (χ0v) is 14.1. The number of carbonyl (C=O) groups excluding carboxylic acids is 2. The third kappa shape index (κ3) is 3.43. The quantitative estimate of drug-likeness (QED) is 0.872. The zero-order valence-electron chi connectivity index (χ0n) is 14.1. The molecular formula is C18H24FN3O2. The molecule has 2 aliphatic heterocycles. The van der Waals surface area contributed by atoms with Crippen molar-refractivity contribution in [3.05, 3.63) is 35.6 Å². The second-order valence-electron chi connectivity index (χ2n) is 7.12. The van der Waals surface area contributed by atoms with Gasteiger partial charge in [0, 0.05) is 31.7 Å². The van der Waals surface area contributed by atoms with Gasteiger partial charge in [0.15, 0.2) is 0 Å². The maximum atomic E-state index is 13.0. The highest BCUT2D eigenvalue weighted by Crippen LogP contribution is 2.27. The van der Waals surface area contributed by atoms with Gasteiger partial charge in [-0.1, -0.05) is 13.8 Å². The van der Waals surface area contributed by atoms with Crippen LogP contribution in [0.25, 0.3) is 0 Å². The Bertz CT molecular complexity index is 605. The van der Waals surface area contributed by atoms with Crippen molar-refractivity contribution >= 4 is 11.8 Å². The van der Waals surface area contributed by atoms with Gasteiger partial charge in [-0.2, -0.15) is 0 Å². The maximum absolute atomic E-state index is 13.0. The average molecular weight is 333 g/mol. The first-order valence-corrected chi connectivity index (χ1v) is 8.51. The minimum absolute atomic E-state index is 0.0135. The third-order valence-electron chi connectivity index (χ3n) is 5.03. The van der Waals surface area contributed by atoms with Gasteiger partial charge in [-0.3, -0.25) is 9.59 Å². The molecule has 2 amide bonds. The molecule has 1 aromatic carbocycles. The number of nitrogens with one attached hydrogen (secondary N) is 2. The van der Waals surface area contributed by atoms with Gasteiger partial charge in [0.05, 0.1) is 0 Å². The smallest absolute Gasteiger partial charge is 0.251 e. The summed E-state index contributed by atoms with van der Waals surface area (Å²) in [4.78, 5) is 27.1. The van der Waals surface area contributed by atoms with Crippen LogP contribution >= 0.6 is 0 Å². The molecule has 0 aliphatic carbocycles. The van der Waals surface area contributed by atoms with Crippen LogP contribution in [0.2, 0.25) is 0 Å². The lowest BCUT2D eigenvalue weighted by Gasteiger charge is -2.27. The van der Waals surface area contributed by atoms with Crippen molar-refractivity contribution in [3.8, 4) is 0 Å². The van der Waals surface area contributed by atoms with Crippen molar-refractivity contribution in [2.75, 3.05) is 26.2 Å². The number of amides is 2. The second kappa shape index (κ2) is 6.89. The Hall–Kier alpha value is -1.95. The molecule has 0 aromatic heterocycles. The summed E-state index contributed by atoms with van der Waals surface area (Å²) < 4.78 is 13.0. The first kappa shape index (κ1) is 16.9. The lowest BCUT2D eigenvalue weighted by molar-refractivity contribution is -0.133. The van der Waals surface area contributed by atoms with Crippen molar-refractivity contribution < 1.29 is 14.0 Å². The number of halogens is 1. The molecule has 2 heterocycles. The summed E-state index contributed by atoms with van der Waals surface area (Å²) in [7, 11) is 0. The molecule has 2 saturated heterocycles. The summed E-state index contributed by atoms with van der Waals surface area (Å²) in [6.07, 6.45) is 0. The Balaban J connectivity index is 1.67. The van der Waals surface area contributed by atoms with E-state index in [9.17, 15) is 14.0 Å². The van der Waals surface area contributed by atoms with Crippen molar-refractivity contribution in [2.45, 2.75) is 19.9 Å². The SMILES string of the molecule is CC(C)C(NC(=O)c1ccc(F)cc1)C(=O)N1C[C@H]2CNC[C@H]2C1. The number of carbonyl (C=O) groups is 2. The minimum atomic E-state index is -0.561. The molecule has 2 fully saturated rings. The van der Waals surface area contributed by atoms with E-state index in [4.69, 9.17) is 0 Å². The van der Waals surface area contributed by atoms with E-state index in [1.165, 1.54) is 24.3 Å². The normalized spacial score (nSPS) is 24.1. The Kier molecular flexibility index (Phi) is 4.85. The fourth-order valence-corrected chi connectivity index (χ4v) is 3.57. The number of benzene rings is 1. The Morgan fingerprint density at radius 3 is 2.29 bits per heavy atom. The van der Waals surface area contributed by atoms with E-state index in [0.29, 0.717) is 17.4 Å². The highest BCUT2D eigenvalue weighted by Gasteiger charge is 2.40. The van der Waals surface area contributed by atoms with E-state index >= 15 is 0 Å². The first-order valence-electron chi connectivity index (χ1n) is 8.51. The summed E-state index contributed by atoms with van der Waals surface area (Å²) in [5.41, 5.74) is 0.359. The molecule has 130 valence electrons. The predicted molar refractivity (Wildman–Crippen MR) is 88.9 cm³/mol. The summed E-state index contributed by atoms with van der Waals surface area (Å²) in [6, 6.07) is 4.79. The minimum Gasteiger partial charge on any atom is -0.340 e. The number of fused-ring (bicyclic) bond motifs is 1. The van der Waals surface area contributed by atoms with Crippen molar-refractivity contribution in [1.82, 2.24) is 15.5 Å². The molecule has 5 nitrogen and oxygen atoms in total. The van der Waals surface area contributed by atoms with E-state index in [2.05, 4.69) is 10.6 Å². The molecule has 0 saturated carbocycles. The van der Waals surface area contributed by atoms with Crippen molar-refractivity contribution in [2.24, 2.45) is 17.8 Å². The molecule has 2 aliphatic rings. The fraction of sp³-hybridized carbons (Fsp3) is 0.556. The van der Waals surface area contributed by atoms with E-state index in [0.717, 1.165) is 26.2 Å². The number of likely N-dealkylation sites (tertiary alicyclic amines) is 1. The highest BCUT2D eigenvalue weighted by molar-refractivity contribution is 5.97. The van der Waals surface area contributed by atoms with E-state index < -0.39 is 6.04 Å². The molecule has 0 spiro atoms. The average Bonchev–Trinajstić information content (AvgIpc) is 3.13. The lowest BCUT2D eigenvalue weighted by Crippen LogP contribution is -2.51. The summed E-state index contributed by atoms with van der Waals surface area (Å²) in [5.74, 6) is 0.280. The van der Waals surface area contributed by atoms with Crippen LogP contribution in [0.1, 0.15) is 24.2 Å². The van der Waals surface area contributed by atoms with Crippen LogP contribution < -0.4 is 10.6 Å². The lowest BCUT2D eigenvalue weighted by atomic mass is 10.0. The van der Waals surface area contributed by atoms with Crippen LogP contribution in [-0.2, 0) is 4.79 Å². The number of hydrogen-bond donors (Lipinski definition) is 2. The van der Waals surface area contributed by atoms with Crippen LogP contribution in [-0.4, -0.2) is 48.9 Å². The molecular weight excluding hydrogens is 309 g/mol. The van der Waals surface area contributed by atoms with Gasteiger partial charge in [-0.05, 0) is 42.0 Å².